The summed E-state index contributed by atoms with van der Waals surface area (Å²) in [5, 5.41) is 1.06. The third-order valence-electron chi connectivity index (χ3n) is 6.42. The summed E-state index contributed by atoms with van der Waals surface area (Å²) in [5.41, 5.74) is -2.40. The predicted octanol–water partition coefficient (Wildman–Crippen LogP) is 7.30. The number of ketones is 2. The molecule has 210 valence electrons. The van der Waals surface area contributed by atoms with Crippen LogP contribution in [0, 0.1) is 5.82 Å². The molecular formula is C29H17F7N2O3. The van der Waals surface area contributed by atoms with Gasteiger partial charge in [-0.15, -0.1) is 0 Å². The minimum atomic E-state index is -4.93. The van der Waals surface area contributed by atoms with Crippen molar-refractivity contribution in [3.63, 3.8) is 0 Å². The molecule has 5 rings (SSSR count). The number of rotatable bonds is 6. The standard InChI is InChI=1S/C29H17F7N2O3/c30-22-7-6-17(28(31,32)33)11-16(22)13-18(39)12-15-5-8-24(20-4-2-1-3-19(15)20)41-25-9-10-37-27-21(25)14-23(40)26(38-27)29(34,35)36/h1-11H,12-14H2. The summed E-state index contributed by atoms with van der Waals surface area (Å²) in [4.78, 5) is 32.2. The van der Waals surface area contributed by atoms with Crippen molar-refractivity contribution in [2.24, 2.45) is 4.99 Å². The van der Waals surface area contributed by atoms with Crippen LogP contribution in [-0.4, -0.2) is 28.4 Å². The molecule has 5 nitrogen and oxygen atoms in total. The number of hydrogen-bond acceptors (Lipinski definition) is 5. The average Bonchev–Trinajstić information content (AvgIpc) is 2.90. The van der Waals surface area contributed by atoms with E-state index in [-0.39, 0.29) is 34.9 Å². The molecule has 0 saturated heterocycles. The Kier molecular flexibility index (Phi) is 7.10. The molecule has 0 atom stereocenters. The van der Waals surface area contributed by atoms with E-state index in [0.29, 0.717) is 34.5 Å². The molecule has 3 aromatic carbocycles. The van der Waals surface area contributed by atoms with E-state index in [1.54, 1.807) is 30.3 Å². The van der Waals surface area contributed by atoms with Gasteiger partial charge in [0.15, 0.2) is 17.3 Å². The van der Waals surface area contributed by atoms with E-state index in [4.69, 9.17) is 4.74 Å². The second-order valence-electron chi connectivity index (χ2n) is 9.24. The zero-order valence-electron chi connectivity index (χ0n) is 20.7. The van der Waals surface area contributed by atoms with Gasteiger partial charge < -0.3 is 4.74 Å². The first-order valence-corrected chi connectivity index (χ1v) is 12.0. The van der Waals surface area contributed by atoms with E-state index < -0.39 is 53.9 Å². The maximum absolute atomic E-state index is 14.2. The van der Waals surface area contributed by atoms with Crippen molar-refractivity contribution in [3.8, 4) is 11.5 Å². The third-order valence-corrected chi connectivity index (χ3v) is 6.42. The maximum atomic E-state index is 14.2. The number of carbonyl (C=O) groups is 2. The second kappa shape index (κ2) is 10.4. The van der Waals surface area contributed by atoms with Crippen LogP contribution >= 0.6 is 0 Å². The normalized spacial score (nSPS) is 13.6. The Morgan fingerprint density at radius 3 is 2.24 bits per heavy atom. The van der Waals surface area contributed by atoms with Crippen LogP contribution in [0.4, 0.5) is 36.6 Å². The number of Topliss-reactive ketones (excluding diaryl/α,β-unsaturated/α-hetero) is 2. The summed E-state index contributed by atoms with van der Waals surface area (Å²) in [5.74, 6) is -2.64. The molecule has 0 N–H and O–H groups in total. The topological polar surface area (TPSA) is 68.6 Å². The molecule has 0 saturated carbocycles. The van der Waals surface area contributed by atoms with Gasteiger partial charge in [0, 0.05) is 36.4 Å². The highest BCUT2D eigenvalue weighted by molar-refractivity contribution is 6.43. The van der Waals surface area contributed by atoms with Crippen LogP contribution in [0.15, 0.2) is 71.9 Å². The molecule has 0 amide bonds. The van der Waals surface area contributed by atoms with E-state index in [9.17, 15) is 40.3 Å². The Hall–Kier alpha value is -4.61. The second-order valence-corrected chi connectivity index (χ2v) is 9.24. The van der Waals surface area contributed by atoms with Crippen LogP contribution in [-0.2, 0) is 35.0 Å². The van der Waals surface area contributed by atoms with Crippen molar-refractivity contribution >= 4 is 33.9 Å². The van der Waals surface area contributed by atoms with Gasteiger partial charge in [-0.2, -0.15) is 26.3 Å². The van der Waals surface area contributed by atoms with Crippen LogP contribution in [0.5, 0.6) is 11.5 Å². The molecule has 4 aromatic rings. The molecule has 1 aliphatic heterocycles. The zero-order valence-corrected chi connectivity index (χ0v) is 20.7. The fraction of sp³-hybridized carbons (Fsp3) is 0.172. The van der Waals surface area contributed by atoms with Crippen LogP contribution in [0.1, 0.15) is 22.3 Å². The first kappa shape index (κ1) is 27.9. The number of fused-ring (bicyclic) bond motifs is 2. The molecule has 0 fully saturated rings. The lowest BCUT2D eigenvalue weighted by molar-refractivity contribution is -0.137. The van der Waals surface area contributed by atoms with E-state index in [1.807, 2.05) is 0 Å². The Morgan fingerprint density at radius 2 is 1.54 bits per heavy atom. The number of benzene rings is 3. The van der Waals surface area contributed by atoms with Gasteiger partial charge in [-0.05, 0) is 46.8 Å². The highest BCUT2D eigenvalue weighted by Gasteiger charge is 2.43. The van der Waals surface area contributed by atoms with Crippen molar-refractivity contribution in [1.29, 1.82) is 0 Å². The number of aliphatic imine (C=N–C) groups is 1. The first-order valence-electron chi connectivity index (χ1n) is 12.0. The van der Waals surface area contributed by atoms with Crippen molar-refractivity contribution in [3.05, 3.63) is 94.9 Å². The van der Waals surface area contributed by atoms with Crippen LogP contribution < -0.4 is 4.74 Å². The van der Waals surface area contributed by atoms with Gasteiger partial charge in [-0.25, -0.2) is 14.4 Å². The largest absolute Gasteiger partial charge is 0.456 e. The average molecular weight is 574 g/mol. The summed E-state index contributed by atoms with van der Waals surface area (Å²) in [6.45, 7) is 0. The van der Waals surface area contributed by atoms with Crippen molar-refractivity contribution < 1.29 is 45.1 Å². The number of halogens is 7. The van der Waals surface area contributed by atoms with E-state index in [2.05, 4.69) is 9.98 Å². The monoisotopic (exact) mass is 574 g/mol. The van der Waals surface area contributed by atoms with Crippen molar-refractivity contribution in [2.75, 3.05) is 0 Å². The third kappa shape index (κ3) is 5.81. The lowest BCUT2D eigenvalue weighted by atomic mass is 9.96. The molecule has 0 spiro atoms. The molecule has 0 unspecified atom stereocenters. The lowest BCUT2D eigenvalue weighted by Gasteiger charge is -2.19. The number of hydrogen-bond donors (Lipinski definition) is 0. The smallest absolute Gasteiger partial charge is 0.436 e. The van der Waals surface area contributed by atoms with Crippen molar-refractivity contribution in [1.82, 2.24) is 4.98 Å². The summed E-state index contributed by atoms with van der Waals surface area (Å²) < 4.78 is 98.7. The highest BCUT2D eigenvalue weighted by Crippen LogP contribution is 2.39. The van der Waals surface area contributed by atoms with Gasteiger partial charge >= 0.3 is 12.4 Å². The number of nitrogens with zero attached hydrogens (tertiary/aromatic N) is 2. The molecule has 0 bridgehead atoms. The zero-order chi connectivity index (χ0) is 29.5. The Balaban J connectivity index is 1.43. The molecule has 41 heavy (non-hydrogen) atoms. The number of aromatic nitrogens is 1. The van der Waals surface area contributed by atoms with E-state index in [1.165, 1.54) is 18.3 Å². The predicted molar refractivity (Wildman–Crippen MR) is 134 cm³/mol. The van der Waals surface area contributed by atoms with Crippen LogP contribution in [0.3, 0.4) is 0 Å². The van der Waals surface area contributed by atoms with Gasteiger partial charge in [-0.1, -0.05) is 30.3 Å². The fourth-order valence-electron chi connectivity index (χ4n) is 4.53. The van der Waals surface area contributed by atoms with Crippen LogP contribution in [0.2, 0.25) is 0 Å². The Bertz CT molecular complexity index is 1730. The van der Waals surface area contributed by atoms with E-state index in [0.717, 1.165) is 0 Å². The van der Waals surface area contributed by atoms with Gasteiger partial charge in [0.05, 0.1) is 5.56 Å². The Labute approximate surface area is 227 Å². The highest BCUT2D eigenvalue weighted by atomic mass is 19.4. The lowest BCUT2D eigenvalue weighted by Crippen LogP contribution is -2.34. The summed E-state index contributed by atoms with van der Waals surface area (Å²) in [7, 11) is 0. The summed E-state index contributed by atoms with van der Waals surface area (Å²) in [6, 6.07) is 13.1. The molecular weight excluding hydrogens is 557 g/mol. The van der Waals surface area contributed by atoms with Gasteiger partial charge in [-0.3, -0.25) is 9.59 Å². The molecule has 0 radical (unpaired) electrons. The molecule has 1 aliphatic rings. The molecule has 12 heteroatoms. The summed E-state index contributed by atoms with van der Waals surface area (Å²) in [6.07, 6.45) is -9.81. The minimum absolute atomic E-state index is 0.0716. The quantitative estimate of drug-likeness (QED) is 0.227. The number of pyridine rings is 1. The number of carbonyl (C=O) groups excluding carboxylic acids is 2. The first-order chi connectivity index (χ1) is 19.3. The Morgan fingerprint density at radius 1 is 0.829 bits per heavy atom. The number of alkyl halides is 6. The SMILES string of the molecule is O=C(Cc1cc(C(F)(F)F)ccc1F)Cc1ccc(Oc2ccnc3c2CC(=O)C(C(F)(F)F)=N3)c2ccccc12. The fourth-order valence-corrected chi connectivity index (χ4v) is 4.53. The molecule has 1 aromatic heterocycles. The van der Waals surface area contributed by atoms with Crippen molar-refractivity contribution in [2.45, 2.75) is 31.6 Å². The summed E-state index contributed by atoms with van der Waals surface area (Å²) >= 11 is 0. The van der Waals surface area contributed by atoms with Gasteiger partial charge in [0.2, 0.25) is 0 Å². The van der Waals surface area contributed by atoms with Crippen LogP contribution in [0.25, 0.3) is 10.8 Å². The maximum Gasteiger partial charge on any atom is 0.436 e. The molecule has 0 aliphatic carbocycles. The minimum Gasteiger partial charge on any atom is -0.456 e. The van der Waals surface area contributed by atoms with Gasteiger partial charge in [0.25, 0.3) is 0 Å². The van der Waals surface area contributed by atoms with E-state index >= 15 is 0 Å². The number of ether oxygens (including phenoxy) is 1. The molecule has 2 heterocycles. The van der Waals surface area contributed by atoms with Gasteiger partial charge in [0.1, 0.15) is 23.1 Å².